The van der Waals surface area contributed by atoms with Crippen LogP contribution in [0, 0.1) is 11.8 Å². The van der Waals surface area contributed by atoms with Crippen LogP contribution in [0.2, 0.25) is 0 Å². The van der Waals surface area contributed by atoms with Gasteiger partial charge in [0.1, 0.15) is 0 Å². The van der Waals surface area contributed by atoms with E-state index >= 15 is 0 Å². The highest BCUT2D eigenvalue weighted by Crippen LogP contribution is 2.45. The van der Waals surface area contributed by atoms with E-state index in [0.717, 1.165) is 31.5 Å². The summed E-state index contributed by atoms with van der Waals surface area (Å²) in [5.41, 5.74) is 2.93. The number of nitrogens with zero attached hydrogens (tertiary/aromatic N) is 1. The number of benzene rings is 2. The maximum atomic E-state index is 13.0. The zero-order valence-electron chi connectivity index (χ0n) is 17.1. The Bertz CT molecular complexity index is 958. The van der Waals surface area contributed by atoms with Crippen LogP contribution >= 0.6 is 0 Å². The highest BCUT2D eigenvalue weighted by molar-refractivity contribution is 6.07. The second-order valence-corrected chi connectivity index (χ2v) is 9.32. The molecular weight excluding hydrogens is 376 g/mol. The minimum Gasteiger partial charge on any atom is -0.390 e. The molecule has 0 spiro atoms. The average Bonchev–Trinajstić information content (AvgIpc) is 3.21. The van der Waals surface area contributed by atoms with Gasteiger partial charge in [-0.25, -0.2) is 0 Å². The first-order chi connectivity index (χ1) is 14.5. The van der Waals surface area contributed by atoms with Crippen molar-refractivity contribution >= 4 is 17.4 Å². The Morgan fingerprint density at radius 1 is 1.03 bits per heavy atom. The van der Waals surface area contributed by atoms with Crippen molar-refractivity contribution in [2.24, 2.45) is 11.8 Å². The second-order valence-electron chi connectivity index (χ2n) is 9.32. The number of hydrogen-bond acceptors (Lipinski definition) is 4. The van der Waals surface area contributed by atoms with Gasteiger partial charge in [0.15, 0.2) is 5.78 Å². The van der Waals surface area contributed by atoms with Crippen molar-refractivity contribution in [1.82, 2.24) is 4.90 Å². The molecule has 2 aromatic rings. The standard InChI is InChI=1S/C25H28N2O3/c28-22(21-8-4-7-18-9-10-23(29)26-24(18)21)16-27-14-19-12-25(30,13-20(19)15-27)11-17-5-2-1-3-6-17/h1-8,19-20,30H,9-16H2,(H,26,29)/t19-,20+,25?. The molecule has 2 fully saturated rings. The van der Waals surface area contributed by atoms with Gasteiger partial charge >= 0.3 is 0 Å². The molecule has 0 radical (unpaired) electrons. The summed E-state index contributed by atoms with van der Waals surface area (Å²) in [6.07, 6.45) is 3.47. The number of carbonyl (C=O) groups is 2. The lowest BCUT2D eigenvalue weighted by Crippen LogP contribution is -2.34. The zero-order chi connectivity index (χ0) is 20.7. The molecule has 1 unspecified atom stereocenters. The van der Waals surface area contributed by atoms with Crippen LogP contribution in [0.3, 0.4) is 0 Å². The summed E-state index contributed by atoms with van der Waals surface area (Å²) in [5.74, 6) is 0.927. The SMILES string of the molecule is O=C1CCc2cccc(C(=O)CN3C[C@@H]4CC(O)(Cc5ccccc5)C[C@@H]4C3)c2N1. The summed E-state index contributed by atoms with van der Waals surface area (Å²) in [6, 6.07) is 15.9. The summed E-state index contributed by atoms with van der Waals surface area (Å²) >= 11 is 0. The van der Waals surface area contributed by atoms with Crippen LogP contribution < -0.4 is 5.32 Å². The number of aliphatic hydroxyl groups is 1. The molecule has 2 aliphatic heterocycles. The van der Waals surface area contributed by atoms with Crippen molar-refractivity contribution in [3.05, 3.63) is 65.2 Å². The fourth-order valence-corrected chi connectivity index (χ4v) is 5.73. The third-order valence-corrected chi connectivity index (χ3v) is 7.02. The molecule has 5 nitrogen and oxygen atoms in total. The molecule has 30 heavy (non-hydrogen) atoms. The number of likely N-dealkylation sites (tertiary alicyclic amines) is 1. The molecule has 1 amide bonds. The lowest BCUT2D eigenvalue weighted by Gasteiger charge is -2.26. The summed E-state index contributed by atoms with van der Waals surface area (Å²) in [7, 11) is 0. The van der Waals surface area contributed by atoms with E-state index in [1.165, 1.54) is 5.56 Å². The van der Waals surface area contributed by atoms with Crippen molar-refractivity contribution in [3.63, 3.8) is 0 Å². The Balaban J connectivity index is 1.22. The molecular formula is C25H28N2O3. The lowest BCUT2D eigenvalue weighted by atomic mass is 9.91. The van der Waals surface area contributed by atoms with E-state index in [0.29, 0.717) is 48.9 Å². The number of para-hydroxylation sites is 1. The number of fused-ring (bicyclic) bond motifs is 2. The first-order valence-electron chi connectivity index (χ1n) is 10.9. The number of amides is 1. The highest BCUT2D eigenvalue weighted by atomic mass is 16.3. The van der Waals surface area contributed by atoms with Crippen LogP contribution in [-0.2, 0) is 17.6 Å². The van der Waals surface area contributed by atoms with Crippen molar-refractivity contribution in [2.75, 3.05) is 25.0 Å². The Morgan fingerprint density at radius 3 is 2.50 bits per heavy atom. The van der Waals surface area contributed by atoms with E-state index in [-0.39, 0.29) is 11.7 Å². The third kappa shape index (κ3) is 3.80. The molecule has 1 saturated carbocycles. The van der Waals surface area contributed by atoms with Crippen LogP contribution in [0.25, 0.3) is 0 Å². The number of anilines is 1. The number of hydrogen-bond donors (Lipinski definition) is 2. The molecule has 3 aliphatic rings. The molecule has 1 aliphatic carbocycles. The van der Waals surface area contributed by atoms with Gasteiger partial charge in [-0.15, -0.1) is 0 Å². The van der Waals surface area contributed by atoms with Crippen molar-refractivity contribution < 1.29 is 14.7 Å². The van der Waals surface area contributed by atoms with Gasteiger partial charge in [-0.2, -0.15) is 0 Å². The van der Waals surface area contributed by atoms with Crippen LogP contribution in [-0.4, -0.2) is 46.9 Å². The molecule has 1 saturated heterocycles. The minimum absolute atomic E-state index is 0.0174. The van der Waals surface area contributed by atoms with Gasteiger partial charge in [-0.1, -0.05) is 42.5 Å². The monoisotopic (exact) mass is 404 g/mol. The number of aryl methyl sites for hydroxylation is 1. The fourth-order valence-electron chi connectivity index (χ4n) is 5.73. The molecule has 5 rings (SSSR count). The molecule has 0 bridgehead atoms. The van der Waals surface area contributed by atoms with Gasteiger partial charge in [0.25, 0.3) is 0 Å². The van der Waals surface area contributed by atoms with Crippen LogP contribution in [0.15, 0.2) is 48.5 Å². The van der Waals surface area contributed by atoms with Gasteiger partial charge in [0.05, 0.1) is 17.8 Å². The molecule has 156 valence electrons. The van der Waals surface area contributed by atoms with Gasteiger partial charge in [0, 0.05) is 31.5 Å². The zero-order valence-corrected chi connectivity index (χ0v) is 17.1. The number of carbonyl (C=O) groups excluding carboxylic acids is 2. The number of ketones is 1. The molecule has 2 aromatic carbocycles. The van der Waals surface area contributed by atoms with Crippen LogP contribution in [0.4, 0.5) is 5.69 Å². The van der Waals surface area contributed by atoms with Crippen molar-refractivity contribution in [3.8, 4) is 0 Å². The number of nitrogens with one attached hydrogen (secondary N) is 1. The van der Waals surface area contributed by atoms with Gasteiger partial charge in [0.2, 0.25) is 5.91 Å². The lowest BCUT2D eigenvalue weighted by molar-refractivity contribution is -0.116. The van der Waals surface area contributed by atoms with E-state index in [4.69, 9.17) is 0 Å². The molecule has 3 atom stereocenters. The van der Waals surface area contributed by atoms with E-state index in [9.17, 15) is 14.7 Å². The largest absolute Gasteiger partial charge is 0.390 e. The maximum Gasteiger partial charge on any atom is 0.224 e. The predicted octanol–water partition coefficient (Wildman–Crippen LogP) is 3.07. The quantitative estimate of drug-likeness (QED) is 0.752. The molecule has 2 heterocycles. The number of Topliss-reactive ketones (excluding diaryl/α,β-unsaturated/α-hetero) is 1. The molecule has 5 heteroatoms. The first kappa shape index (κ1) is 19.5. The third-order valence-electron chi connectivity index (χ3n) is 7.02. The summed E-state index contributed by atoms with van der Waals surface area (Å²) in [4.78, 5) is 27.1. The van der Waals surface area contributed by atoms with E-state index < -0.39 is 5.60 Å². The fraction of sp³-hybridized carbons (Fsp3) is 0.440. The van der Waals surface area contributed by atoms with Gasteiger partial charge in [-0.3, -0.25) is 14.5 Å². The topological polar surface area (TPSA) is 69.6 Å². The van der Waals surface area contributed by atoms with Crippen LogP contribution in [0.5, 0.6) is 0 Å². The Morgan fingerprint density at radius 2 is 1.77 bits per heavy atom. The van der Waals surface area contributed by atoms with E-state index in [1.54, 1.807) is 0 Å². The smallest absolute Gasteiger partial charge is 0.224 e. The van der Waals surface area contributed by atoms with Crippen molar-refractivity contribution in [2.45, 2.75) is 37.7 Å². The van der Waals surface area contributed by atoms with E-state index in [1.807, 2.05) is 36.4 Å². The van der Waals surface area contributed by atoms with Crippen LogP contribution in [0.1, 0.15) is 40.7 Å². The van der Waals surface area contributed by atoms with E-state index in [2.05, 4.69) is 22.3 Å². The Hall–Kier alpha value is -2.50. The first-order valence-corrected chi connectivity index (χ1v) is 10.9. The van der Waals surface area contributed by atoms with Gasteiger partial charge in [-0.05, 0) is 48.3 Å². The molecule has 0 aromatic heterocycles. The normalized spacial score (nSPS) is 28.1. The maximum absolute atomic E-state index is 13.0. The minimum atomic E-state index is -0.629. The summed E-state index contributed by atoms with van der Waals surface area (Å²) in [5, 5.41) is 14.0. The summed E-state index contributed by atoms with van der Waals surface area (Å²) in [6.45, 7) is 2.08. The Kier molecular flexibility index (Phi) is 4.95. The highest BCUT2D eigenvalue weighted by Gasteiger charge is 2.48. The predicted molar refractivity (Wildman–Crippen MR) is 115 cm³/mol. The average molecular weight is 405 g/mol. The number of rotatable bonds is 5. The molecule has 2 N–H and O–H groups in total. The Labute approximate surface area is 177 Å². The summed E-state index contributed by atoms with van der Waals surface area (Å²) < 4.78 is 0. The van der Waals surface area contributed by atoms with Crippen molar-refractivity contribution in [1.29, 1.82) is 0 Å². The van der Waals surface area contributed by atoms with Gasteiger partial charge < -0.3 is 10.4 Å². The second kappa shape index (κ2) is 7.64.